The fourth-order valence-corrected chi connectivity index (χ4v) is 5.96. The van der Waals surface area contributed by atoms with Crippen molar-refractivity contribution in [2.24, 2.45) is 11.8 Å². The Labute approximate surface area is 131 Å². The molecule has 0 spiro atoms. The lowest BCUT2D eigenvalue weighted by molar-refractivity contribution is 0.278. The Balaban J connectivity index is 1.56. The van der Waals surface area contributed by atoms with Crippen LogP contribution in [0, 0.1) is 11.8 Å². The molecular formula is C18H26S2. The minimum atomic E-state index is 0.982. The number of hydrogen-bond acceptors (Lipinski definition) is 2. The third kappa shape index (κ3) is 3.46. The van der Waals surface area contributed by atoms with Crippen LogP contribution in [-0.2, 0) is 12.8 Å². The number of fused-ring (bicyclic) bond motifs is 1. The zero-order valence-corrected chi connectivity index (χ0v) is 14.4. The highest BCUT2D eigenvalue weighted by Gasteiger charge is 2.18. The Kier molecular flexibility index (Phi) is 4.83. The lowest BCUT2D eigenvalue weighted by Crippen LogP contribution is -2.12. The monoisotopic (exact) mass is 306 g/mol. The van der Waals surface area contributed by atoms with Gasteiger partial charge in [-0.15, -0.1) is 22.7 Å². The second kappa shape index (κ2) is 6.62. The summed E-state index contributed by atoms with van der Waals surface area (Å²) in [5.41, 5.74) is 0. The quantitative estimate of drug-likeness (QED) is 0.578. The first-order valence-electron chi connectivity index (χ1n) is 8.25. The first-order chi connectivity index (χ1) is 9.74. The highest BCUT2D eigenvalue weighted by atomic mass is 32.1. The van der Waals surface area contributed by atoms with Crippen LogP contribution in [-0.4, -0.2) is 0 Å². The Morgan fingerprint density at radius 3 is 2.15 bits per heavy atom. The lowest BCUT2D eigenvalue weighted by atomic mass is 9.81. The van der Waals surface area contributed by atoms with Crippen LogP contribution in [0.5, 0.6) is 0 Å². The molecule has 2 aromatic heterocycles. The molecule has 1 fully saturated rings. The largest absolute Gasteiger partial charge is 0.139 e. The van der Waals surface area contributed by atoms with E-state index in [0.717, 1.165) is 11.8 Å². The van der Waals surface area contributed by atoms with Crippen LogP contribution in [0.2, 0.25) is 0 Å². The molecule has 0 aliphatic heterocycles. The summed E-state index contributed by atoms with van der Waals surface area (Å²) in [7, 11) is 0. The summed E-state index contributed by atoms with van der Waals surface area (Å²) in [6, 6.07) is 4.90. The molecule has 0 unspecified atom stereocenters. The molecule has 0 nitrogen and oxygen atoms in total. The Hall–Kier alpha value is -0.340. The van der Waals surface area contributed by atoms with Crippen molar-refractivity contribution >= 4 is 32.1 Å². The van der Waals surface area contributed by atoms with E-state index in [1.165, 1.54) is 60.8 Å². The zero-order valence-electron chi connectivity index (χ0n) is 12.8. The van der Waals surface area contributed by atoms with Gasteiger partial charge < -0.3 is 0 Å². The Bertz CT molecular complexity index is 509. The molecular weight excluding hydrogens is 280 g/mol. The summed E-state index contributed by atoms with van der Waals surface area (Å²) in [6.07, 6.45) is 11.1. The molecule has 0 aromatic carbocycles. The molecule has 2 heteroatoms. The number of aryl methyl sites for hydroxylation is 2. The predicted octanol–water partition coefficient (Wildman–Crippen LogP) is 6.67. The van der Waals surface area contributed by atoms with Gasteiger partial charge in [0.15, 0.2) is 0 Å². The van der Waals surface area contributed by atoms with E-state index in [1.54, 1.807) is 9.75 Å². The van der Waals surface area contributed by atoms with E-state index in [-0.39, 0.29) is 0 Å². The van der Waals surface area contributed by atoms with Crippen LogP contribution in [0.4, 0.5) is 0 Å². The van der Waals surface area contributed by atoms with E-state index in [0.29, 0.717) is 0 Å². The van der Waals surface area contributed by atoms with E-state index in [4.69, 9.17) is 0 Å². The lowest BCUT2D eigenvalue weighted by Gasteiger charge is -2.25. The van der Waals surface area contributed by atoms with Crippen molar-refractivity contribution < 1.29 is 0 Å². The number of hydrogen-bond donors (Lipinski definition) is 0. The Morgan fingerprint density at radius 2 is 1.55 bits per heavy atom. The zero-order chi connectivity index (χ0) is 13.9. The molecule has 0 bridgehead atoms. The highest BCUT2D eigenvalue weighted by Crippen LogP contribution is 2.36. The average molecular weight is 307 g/mol. The molecule has 3 rings (SSSR count). The SMILES string of the molecule is CCCc1cc2sc(CC[C@H]3CC[C@H](C)CC3)cc2s1. The van der Waals surface area contributed by atoms with Gasteiger partial charge in [-0.1, -0.05) is 46.0 Å². The molecule has 0 atom stereocenters. The van der Waals surface area contributed by atoms with E-state index < -0.39 is 0 Å². The molecule has 20 heavy (non-hydrogen) atoms. The molecule has 1 aliphatic rings. The summed E-state index contributed by atoms with van der Waals surface area (Å²) >= 11 is 4.06. The summed E-state index contributed by atoms with van der Waals surface area (Å²) in [6.45, 7) is 4.68. The standard InChI is InChI=1S/C18H26S2/c1-3-4-15-11-17-18(19-15)12-16(20-17)10-9-14-7-5-13(2)6-8-14/h11-14H,3-10H2,1-2H3/t13-,14-. The van der Waals surface area contributed by atoms with E-state index in [2.05, 4.69) is 26.0 Å². The summed E-state index contributed by atoms with van der Waals surface area (Å²) < 4.78 is 3.07. The summed E-state index contributed by atoms with van der Waals surface area (Å²) in [5.74, 6) is 1.98. The van der Waals surface area contributed by atoms with Crippen LogP contribution < -0.4 is 0 Å². The number of rotatable bonds is 5. The molecule has 2 aromatic rings. The molecule has 0 saturated heterocycles. The average Bonchev–Trinajstić information content (AvgIpc) is 2.96. The second-order valence-corrected chi connectivity index (χ2v) is 8.91. The van der Waals surface area contributed by atoms with E-state index in [9.17, 15) is 0 Å². The van der Waals surface area contributed by atoms with Crippen molar-refractivity contribution in [1.82, 2.24) is 0 Å². The normalized spacial score (nSPS) is 23.5. The first-order valence-corrected chi connectivity index (χ1v) is 9.89. The van der Waals surface area contributed by atoms with E-state index >= 15 is 0 Å². The molecule has 1 saturated carbocycles. The molecule has 0 radical (unpaired) electrons. The van der Waals surface area contributed by atoms with Gasteiger partial charge in [-0.05, 0) is 43.2 Å². The van der Waals surface area contributed by atoms with Crippen LogP contribution in [0.1, 0.15) is 62.1 Å². The predicted molar refractivity (Wildman–Crippen MR) is 93.1 cm³/mol. The van der Waals surface area contributed by atoms with Crippen LogP contribution in [0.3, 0.4) is 0 Å². The smallest absolute Gasteiger partial charge is 0.0456 e. The van der Waals surface area contributed by atoms with Gasteiger partial charge in [0.05, 0.1) is 0 Å². The van der Waals surface area contributed by atoms with Crippen molar-refractivity contribution in [2.45, 2.75) is 65.2 Å². The molecule has 0 N–H and O–H groups in total. The number of thiophene rings is 2. The maximum Gasteiger partial charge on any atom is 0.0456 e. The van der Waals surface area contributed by atoms with Crippen LogP contribution in [0.15, 0.2) is 12.1 Å². The summed E-state index contributed by atoms with van der Waals surface area (Å²) in [5, 5.41) is 0. The van der Waals surface area contributed by atoms with Crippen molar-refractivity contribution in [3.05, 3.63) is 21.9 Å². The highest BCUT2D eigenvalue weighted by molar-refractivity contribution is 7.27. The van der Waals surface area contributed by atoms with Crippen molar-refractivity contribution in [3.8, 4) is 0 Å². The fraction of sp³-hybridized carbons (Fsp3) is 0.667. The minimum absolute atomic E-state index is 0.982. The van der Waals surface area contributed by atoms with Gasteiger partial charge in [-0.25, -0.2) is 0 Å². The molecule has 1 aliphatic carbocycles. The van der Waals surface area contributed by atoms with Gasteiger partial charge in [0, 0.05) is 19.2 Å². The van der Waals surface area contributed by atoms with Gasteiger partial charge in [0.2, 0.25) is 0 Å². The fourth-order valence-electron chi connectivity index (χ4n) is 3.39. The van der Waals surface area contributed by atoms with Gasteiger partial charge in [-0.2, -0.15) is 0 Å². The van der Waals surface area contributed by atoms with E-state index in [1.807, 2.05) is 22.7 Å². The molecule has 0 amide bonds. The minimum Gasteiger partial charge on any atom is -0.139 e. The maximum absolute atomic E-state index is 2.47. The second-order valence-electron chi connectivity index (χ2n) is 6.57. The Morgan fingerprint density at radius 1 is 0.950 bits per heavy atom. The van der Waals surface area contributed by atoms with Crippen molar-refractivity contribution in [2.75, 3.05) is 0 Å². The van der Waals surface area contributed by atoms with Crippen LogP contribution in [0.25, 0.3) is 9.40 Å². The van der Waals surface area contributed by atoms with Gasteiger partial charge in [-0.3, -0.25) is 0 Å². The first kappa shape index (κ1) is 14.6. The van der Waals surface area contributed by atoms with Crippen molar-refractivity contribution in [1.29, 1.82) is 0 Å². The third-order valence-corrected chi connectivity index (χ3v) is 7.15. The maximum atomic E-state index is 2.47. The third-order valence-electron chi connectivity index (χ3n) is 4.74. The van der Waals surface area contributed by atoms with Gasteiger partial charge in [0.1, 0.15) is 0 Å². The van der Waals surface area contributed by atoms with Crippen molar-refractivity contribution in [3.63, 3.8) is 0 Å². The van der Waals surface area contributed by atoms with Gasteiger partial charge in [0.25, 0.3) is 0 Å². The van der Waals surface area contributed by atoms with Gasteiger partial charge >= 0.3 is 0 Å². The molecule has 2 heterocycles. The molecule has 110 valence electrons. The summed E-state index contributed by atoms with van der Waals surface area (Å²) in [4.78, 5) is 3.19. The topological polar surface area (TPSA) is 0 Å². The van der Waals surface area contributed by atoms with Crippen LogP contribution >= 0.6 is 22.7 Å².